The fourth-order valence-corrected chi connectivity index (χ4v) is 1.36. The molecule has 0 fully saturated rings. The van der Waals surface area contributed by atoms with Gasteiger partial charge in [-0.25, -0.2) is 4.79 Å². The van der Waals surface area contributed by atoms with E-state index in [0.29, 0.717) is 5.92 Å². The van der Waals surface area contributed by atoms with Crippen LogP contribution in [0.1, 0.15) is 13.8 Å². The van der Waals surface area contributed by atoms with E-state index in [4.69, 9.17) is 5.11 Å². The van der Waals surface area contributed by atoms with Gasteiger partial charge >= 0.3 is 12.0 Å². The minimum atomic E-state index is -1.02. The number of hydrogen-bond acceptors (Lipinski definition) is 3. The maximum atomic E-state index is 11.7. The number of rotatable bonds is 6. The van der Waals surface area contributed by atoms with Gasteiger partial charge in [0.2, 0.25) is 0 Å². The zero-order valence-electron chi connectivity index (χ0n) is 11.2. The number of urea groups is 1. The lowest BCUT2D eigenvalue weighted by molar-refractivity contribution is -0.137. The molecular weight excluding hydrogens is 222 g/mol. The van der Waals surface area contributed by atoms with Gasteiger partial charge in [0.25, 0.3) is 0 Å². The van der Waals surface area contributed by atoms with E-state index in [1.165, 1.54) is 7.05 Å². The Kier molecular flexibility index (Phi) is 6.57. The van der Waals surface area contributed by atoms with E-state index in [1.807, 2.05) is 32.8 Å². The smallest absolute Gasteiger partial charge is 0.323 e. The van der Waals surface area contributed by atoms with Crippen LogP contribution in [-0.2, 0) is 4.79 Å². The van der Waals surface area contributed by atoms with Gasteiger partial charge in [-0.1, -0.05) is 13.8 Å². The highest BCUT2D eigenvalue weighted by atomic mass is 16.4. The molecule has 0 aliphatic carbocycles. The summed E-state index contributed by atoms with van der Waals surface area (Å²) < 4.78 is 0. The predicted octanol–water partition coefficient (Wildman–Crippen LogP) is 0.299. The molecule has 2 N–H and O–H groups in total. The number of carboxylic acid groups (broad SMARTS) is 1. The lowest BCUT2D eigenvalue weighted by Gasteiger charge is -2.27. The van der Waals surface area contributed by atoms with Crippen molar-refractivity contribution < 1.29 is 14.7 Å². The second kappa shape index (κ2) is 7.11. The van der Waals surface area contributed by atoms with E-state index in [2.05, 4.69) is 5.32 Å². The first-order valence-electron chi connectivity index (χ1n) is 5.62. The van der Waals surface area contributed by atoms with Crippen LogP contribution in [0.3, 0.4) is 0 Å². The zero-order valence-corrected chi connectivity index (χ0v) is 11.2. The second-order valence-corrected chi connectivity index (χ2v) is 4.81. The van der Waals surface area contributed by atoms with Gasteiger partial charge in [-0.15, -0.1) is 0 Å². The molecule has 0 heterocycles. The summed E-state index contributed by atoms with van der Waals surface area (Å²) >= 11 is 0. The van der Waals surface area contributed by atoms with E-state index in [-0.39, 0.29) is 18.6 Å². The van der Waals surface area contributed by atoms with Crippen LogP contribution in [-0.4, -0.2) is 67.2 Å². The van der Waals surface area contributed by atoms with E-state index < -0.39 is 5.97 Å². The molecule has 0 aliphatic heterocycles. The fraction of sp³-hybridized carbons (Fsp3) is 0.818. The second-order valence-electron chi connectivity index (χ2n) is 4.81. The van der Waals surface area contributed by atoms with Crippen molar-refractivity contribution >= 4 is 12.0 Å². The maximum absolute atomic E-state index is 11.7. The predicted molar refractivity (Wildman–Crippen MR) is 66.0 cm³/mol. The standard InChI is InChI=1S/C11H23N3O3/c1-8(2)9(6-13(3)4)12-11(17)14(5)7-10(15)16/h8-9H,6-7H2,1-5H3,(H,12,17)(H,15,16). The first kappa shape index (κ1) is 15.7. The van der Waals surface area contributed by atoms with Crippen LogP contribution in [0.4, 0.5) is 4.79 Å². The van der Waals surface area contributed by atoms with Crippen LogP contribution in [0.2, 0.25) is 0 Å². The minimum absolute atomic E-state index is 0.00810. The van der Waals surface area contributed by atoms with Gasteiger partial charge < -0.3 is 20.2 Å². The largest absolute Gasteiger partial charge is 0.480 e. The number of nitrogens with one attached hydrogen (secondary N) is 1. The van der Waals surface area contributed by atoms with Crippen LogP contribution in [0.5, 0.6) is 0 Å². The third-order valence-electron chi connectivity index (χ3n) is 2.39. The van der Waals surface area contributed by atoms with Gasteiger partial charge in [0.05, 0.1) is 0 Å². The first-order chi connectivity index (χ1) is 7.73. The van der Waals surface area contributed by atoms with Gasteiger partial charge in [0, 0.05) is 19.6 Å². The zero-order chi connectivity index (χ0) is 13.6. The molecule has 0 radical (unpaired) electrons. The molecule has 0 aromatic rings. The molecule has 0 aromatic heterocycles. The highest BCUT2D eigenvalue weighted by molar-refractivity contribution is 5.79. The molecule has 6 heteroatoms. The van der Waals surface area contributed by atoms with Crippen molar-refractivity contribution in [3.63, 3.8) is 0 Å². The maximum Gasteiger partial charge on any atom is 0.323 e. The molecule has 17 heavy (non-hydrogen) atoms. The quantitative estimate of drug-likeness (QED) is 0.706. The van der Waals surface area contributed by atoms with E-state index >= 15 is 0 Å². The van der Waals surface area contributed by atoms with Gasteiger partial charge in [-0.2, -0.15) is 0 Å². The summed E-state index contributed by atoms with van der Waals surface area (Å²) in [5, 5.41) is 11.4. The molecule has 1 unspecified atom stereocenters. The summed E-state index contributed by atoms with van der Waals surface area (Å²) in [5.74, 6) is -0.726. The highest BCUT2D eigenvalue weighted by Gasteiger charge is 2.19. The van der Waals surface area contributed by atoms with Crippen LogP contribution < -0.4 is 5.32 Å². The number of carboxylic acids is 1. The normalized spacial score (nSPS) is 12.6. The van der Waals surface area contributed by atoms with Gasteiger partial charge in [-0.3, -0.25) is 4.79 Å². The van der Waals surface area contributed by atoms with E-state index in [1.54, 1.807) is 0 Å². The molecule has 0 spiro atoms. The number of carbonyl (C=O) groups excluding carboxylic acids is 1. The van der Waals surface area contributed by atoms with Crippen molar-refractivity contribution in [1.29, 1.82) is 0 Å². The SMILES string of the molecule is CC(C)C(CN(C)C)NC(=O)N(C)CC(=O)O. The summed E-state index contributed by atoms with van der Waals surface area (Å²) in [4.78, 5) is 25.3. The number of nitrogens with zero attached hydrogens (tertiary/aromatic N) is 2. The van der Waals surface area contributed by atoms with Gasteiger partial charge in [-0.05, 0) is 20.0 Å². The lowest BCUT2D eigenvalue weighted by atomic mass is 10.0. The van der Waals surface area contributed by atoms with Crippen LogP contribution in [0, 0.1) is 5.92 Å². The van der Waals surface area contributed by atoms with Crippen molar-refractivity contribution in [2.45, 2.75) is 19.9 Å². The molecule has 0 aliphatic rings. The third-order valence-corrected chi connectivity index (χ3v) is 2.39. The number of amides is 2. The topological polar surface area (TPSA) is 72.9 Å². The van der Waals surface area contributed by atoms with Crippen LogP contribution in [0.15, 0.2) is 0 Å². The highest BCUT2D eigenvalue weighted by Crippen LogP contribution is 2.03. The average molecular weight is 245 g/mol. The van der Waals surface area contributed by atoms with Crippen molar-refractivity contribution in [1.82, 2.24) is 15.1 Å². The number of likely N-dealkylation sites (N-methyl/N-ethyl adjacent to an activating group) is 2. The molecule has 2 amide bonds. The van der Waals surface area contributed by atoms with Gasteiger partial charge in [0.1, 0.15) is 6.54 Å². The molecule has 1 atom stereocenters. The van der Waals surface area contributed by atoms with Crippen molar-refractivity contribution in [3.8, 4) is 0 Å². The Bertz CT molecular complexity index is 267. The Morgan fingerprint density at radius 2 is 1.76 bits per heavy atom. The van der Waals surface area contributed by atoms with E-state index in [0.717, 1.165) is 11.4 Å². The molecule has 6 nitrogen and oxygen atoms in total. The molecule has 0 aromatic carbocycles. The van der Waals surface area contributed by atoms with Crippen LogP contribution in [0.25, 0.3) is 0 Å². The van der Waals surface area contributed by atoms with Gasteiger partial charge in [0.15, 0.2) is 0 Å². The Hall–Kier alpha value is -1.30. The number of hydrogen-bond donors (Lipinski definition) is 2. The molecule has 0 saturated carbocycles. The Morgan fingerprint density at radius 3 is 2.12 bits per heavy atom. The summed E-state index contributed by atoms with van der Waals surface area (Å²) in [6.07, 6.45) is 0. The summed E-state index contributed by atoms with van der Waals surface area (Å²) in [7, 11) is 5.33. The lowest BCUT2D eigenvalue weighted by Crippen LogP contribution is -2.50. The molecular formula is C11H23N3O3. The third kappa shape index (κ3) is 6.78. The number of aliphatic carboxylic acids is 1. The summed E-state index contributed by atoms with van der Waals surface area (Å²) in [5.41, 5.74) is 0. The summed E-state index contributed by atoms with van der Waals surface area (Å²) in [6.45, 7) is 4.47. The minimum Gasteiger partial charge on any atom is -0.480 e. The van der Waals surface area contributed by atoms with E-state index in [9.17, 15) is 9.59 Å². The van der Waals surface area contributed by atoms with Crippen LogP contribution >= 0.6 is 0 Å². The Balaban J connectivity index is 4.34. The summed E-state index contributed by atoms with van der Waals surface area (Å²) in [6, 6.07) is -0.346. The number of carbonyl (C=O) groups is 2. The van der Waals surface area contributed by atoms with Crippen molar-refractivity contribution in [3.05, 3.63) is 0 Å². The molecule has 0 saturated heterocycles. The van der Waals surface area contributed by atoms with Crippen molar-refractivity contribution in [2.24, 2.45) is 5.92 Å². The first-order valence-corrected chi connectivity index (χ1v) is 5.62. The monoisotopic (exact) mass is 245 g/mol. The fourth-order valence-electron chi connectivity index (χ4n) is 1.36. The molecule has 0 bridgehead atoms. The van der Waals surface area contributed by atoms with Crippen molar-refractivity contribution in [2.75, 3.05) is 34.2 Å². The average Bonchev–Trinajstić information content (AvgIpc) is 2.14. The Morgan fingerprint density at radius 1 is 1.24 bits per heavy atom. The Labute approximate surface area is 103 Å². The molecule has 0 rings (SSSR count). The molecule has 100 valence electrons.